The van der Waals surface area contributed by atoms with Crippen LogP contribution in [0.2, 0.25) is 0 Å². The third kappa shape index (κ3) is 4.31. The quantitative estimate of drug-likeness (QED) is 0.296. The van der Waals surface area contributed by atoms with E-state index in [1.165, 1.54) is 11.4 Å². The Morgan fingerprint density at radius 1 is 1.06 bits per heavy atom. The number of hydrogen-bond acceptors (Lipinski definition) is 5. The molecule has 8 heteroatoms. The molecule has 0 saturated heterocycles. The predicted molar refractivity (Wildman–Crippen MR) is 130 cm³/mol. The van der Waals surface area contributed by atoms with Crippen LogP contribution in [0.5, 0.6) is 5.88 Å². The number of fused-ring (bicyclic) bond motifs is 1. The van der Waals surface area contributed by atoms with Gasteiger partial charge < -0.3 is 15.8 Å². The van der Waals surface area contributed by atoms with Gasteiger partial charge in [-0.05, 0) is 55.0 Å². The number of nitrogens with one attached hydrogen (secondary N) is 1. The monoisotopic (exact) mass is 448 g/mol. The lowest BCUT2D eigenvalue weighted by Crippen LogP contribution is -2.27. The van der Waals surface area contributed by atoms with Crippen molar-refractivity contribution in [2.24, 2.45) is 4.99 Å². The van der Waals surface area contributed by atoms with Crippen LogP contribution in [-0.2, 0) is 15.8 Å². The second-order valence-electron chi connectivity index (χ2n) is 7.58. The zero-order chi connectivity index (χ0) is 22.9. The molecule has 7 nitrogen and oxygen atoms in total. The van der Waals surface area contributed by atoms with Gasteiger partial charge >= 0.3 is 0 Å². The maximum absolute atomic E-state index is 12.8. The van der Waals surface area contributed by atoms with E-state index in [0.717, 1.165) is 16.5 Å². The van der Waals surface area contributed by atoms with Crippen LogP contribution in [0.4, 0.5) is 17.1 Å². The summed E-state index contributed by atoms with van der Waals surface area (Å²) < 4.78 is 26.8. The summed E-state index contributed by atoms with van der Waals surface area (Å²) in [5, 5.41) is 11.1. The fourth-order valence-electron chi connectivity index (χ4n) is 3.59. The van der Waals surface area contributed by atoms with Gasteiger partial charge in [0, 0.05) is 23.6 Å². The second-order valence-corrected chi connectivity index (χ2v) is 9.58. The maximum Gasteiger partial charge on any atom is 0.239 e. The lowest BCUT2D eigenvalue weighted by molar-refractivity contribution is 0.457. The first-order valence-corrected chi connectivity index (χ1v) is 11.6. The lowest BCUT2D eigenvalue weighted by Gasteiger charge is -2.19. The molecule has 4 N–H and O–H groups in total. The Morgan fingerprint density at radius 3 is 2.44 bits per heavy atom. The van der Waals surface area contributed by atoms with Crippen molar-refractivity contribution in [3.05, 3.63) is 83.9 Å². The minimum Gasteiger partial charge on any atom is -0.494 e. The van der Waals surface area contributed by atoms with Crippen LogP contribution in [0.1, 0.15) is 18.1 Å². The van der Waals surface area contributed by atoms with Gasteiger partial charge in [-0.2, -0.15) is 0 Å². The molecule has 0 aliphatic heterocycles. The molecule has 0 atom stereocenters. The summed E-state index contributed by atoms with van der Waals surface area (Å²) in [7, 11) is -1.99. The second kappa shape index (κ2) is 8.39. The number of sulfonamides is 1. The van der Waals surface area contributed by atoms with Crippen LogP contribution in [0, 0.1) is 0 Å². The number of hydrogen-bond donors (Lipinski definition) is 3. The van der Waals surface area contributed by atoms with Crippen LogP contribution in [0.3, 0.4) is 0 Å². The van der Waals surface area contributed by atoms with E-state index in [0.29, 0.717) is 28.3 Å². The van der Waals surface area contributed by atoms with Crippen molar-refractivity contribution in [1.29, 1.82) is 0 Å². The highest BCUT2D eigenvalue weighted by molar-refractivity contribution is 7.92. The van der Waals surface area contributed by atoms with Crippen molar-refractivity contribution >= 4 is 43.7 Å². The summed E-state index contributed by atoms with van der Waals surface area (Å²) in [5.41, 5.74) is 10.4. The Bertz CT molecular complexity index is 1390. The van der Waals surface area contributed by atoms with Crippen LogP contribution in [0.15, 0.2) is 77.8 Å². The van der Waals surface area contributed by atoms with E-state index < -0.39 is 10.0 Å². The number of nitrogens with zero attached hydrogens (tertiary/aromatic N) is 2. The number of aromatic amines is 1. The molecule has 4 rings (SSSR count). The van der Waals surface area contributed by atoms with Gasteiger partial charge in [0.25, 0.3) is 0 Å². The zero-order valence-electron chi connectivity index (χ0n) is 17.8. The van der Waals surface area contributed by atoms with E-state index in [-0.39, 0.29) is 11.6 Å². The molecule has 0 saturated carbocycles. The molecule has 164 valence electrons. The third-order valence-electron chi connectivity index (χ3n) is 5.28. The largest absolute Gasteiger partial charge is 0.494 e. The van der Waals surface area contributed by atoms with Crippen LogP contribution in [0.25, 0.3) is 10.9 Å². The van der Waals surface area contributed by atoms with Gasteiger partial charge in [-0.25, -0.2) is 8.42 Å². The van der Waals surface area contributed by atoms with E-state index >= 15 is 0 Å². The molecule has 0 unspecified atom stereocenters. The molecule has 0 spiro atoms. The number of anilines is 2. The number of H-pyrrole nitrogens is 1. The molecule has 0 aliphatic carbocycles. The summed E-state index contributed by atoms with van der Waals surface area (Å²) in [4.78, 5) is 7.53. The van der Waals surface area contributed by atoms with Crippen molar-refractivity contribution in [3.8, 4) is 5.88 Å². The van der Waals surface area contributed by atoms with Gasteiger partial charge in [0.1, 0.15) is 0 Å². The van der Waals surface area contributed by atoms with E-state index in [1.54, 1.807) is 55.5 Å². The molecule has 0 fully saturated rings. The number of aromatic hydroxyl groups is 1. The number of aromatic nitrogens is 1. The molecule has 3 aromatic carbocycles. The van der Waals surface area contributed by atoms with Crippen molar-refractivity contribution in [2.75, 3.05) is 17.1 Å². The van der Waals surface area contributed by atoms with Crippen LogP contribution in [-0.4, -0.2) is 31.3 Å². The van der Waals surface area contributed by atoms with E-state index in [2.05, 4.69) is 9.98 Å². The van der Waals surface area contributed by atoms with Crippen LogP contribution < -0.4 is 10.0 Å². The maximum atomic E-state index is 12.8. The smallest absolute Gasteiger partial charge is 0.239 e. The molecule has 4 aromatic rings. The average Bonchev–Trinajstić information content (AvgIpc) is 3.09. The first-order chi connectivity index (χ1) is 15.2. The Kier molecular flexibility index (Phi) is 5.63. The fraction of sp³-hybridized carbons (Fsp3) is 0.125. The normalized spacial score (nSPS) is 12.2. The van der Waals surface area contributed by atoms with Gasteiger partial charge in [0.15, 0.2) is 5.88 Å². The van der Waals surface area contributed by atoms with Crippen LogP contribution >= 0.6 is 0 Å². The van der Waals surface area contributed by atoms with Gasteiger partial charge in [0.2, 0.25) is 10.0 Å². The van der Waals surface area contributed by atoms with E-state index in [4.69, 9.17) is 5.73 Å². The van der Waals surface area contributed by atoms with Gasteiger partial charge in [-0.1, -0.05) is 30.3 Å². The van der Waals surface area contributed by atoms with E-state index in [1.807, 2.05) is 24.3 Å². The summed E-state index contributed by atoms with van der Waals surface area (Å²) in [6, 6.07) is 21.3. The fourth-order valence-corrected chi connectivity index (χ4v) is 4.84. The third-order valence-corrected chi connectivity index (χ3v) is 7.03. The number of rotatable bonds is 6. The molecule has 0 radical (unpaired) electrons. The highest BCUT2D eigenvalue weighted by atomic mass is 32.2. The summed E-state index contributed by atoms with van der Waals surface area (Å²) in [6.45, 7) is 1.80. The van der Waals surface area contributed by atoms with Gasteiger partial charge in [0.05, 0.1) is 28.4 Å². The average molecular weight is 449 g/mol. The van der Waals surface area contributed by atoms with Crippen molar-refractivity contribution in [1.82, 2.24) is 4.98 Å². The standard InChI is InChI=1S/C24H24N4O3S/c1-16(23-21-14-18(25)8-13-22(21)27-24(23)29)26-19-9-11-20(12-10-19)28(2)32(30,31)15-17-6-4-3-5-7-17/h3-14,27,29H,15,25H2,1-2H3. The number of aliphatic imine (C=N–C) groups is 1. The number of nitrogens with two attached hydrogens (primary N) is 1. The number of nitrogen functional groups attached to an aromatic ring is 1. The zero-order valence-corrected chi connectivity index (χ0v) is 18.6. The summed E-state index contributed by atoms with van der Waals surface area (Å²) >= 11 is 0. The Hall–Kier alpha value is -3.78. The molecule has 0 amide bonds. The van der Waals surface area contributed by atoms with Crippen molar-refractivity contribution < 1.29 is 13.5 Å². The minimum atomic E-state index is -3.52. The Labute approximate surface area is 186 Å². The minimum absolute atomic E-state index is 0.0233. The lowest BCUT2D eigenvalue weighted by atomic mass is 10.1. The van der Waals surface area contributed by atoms with Gasteiger partial charge in [-0.15, -0.1) is 0 Å². The molecule has 0 aliphatic rings. The Morgan fingerprint density at radius 2 is 1.75 bits per heavy atom. The highest BCUT2D eigenvalue weighted by Gasteiger charge is 2.19. The summed E-state index contributed by atoms with van der Waals surface area (Å²) in [6.07, 6.45) is 0. The molecule has 32 heavy (non-hydrogen) atoms. The molecule has 1 heterocycles. The van der Waals surface area contributed by atoms with E-state index in [9.17, 15) is 13.5 Å². The first-order valence-electron chi connectivity index (χ1n) is 10.0. The molecular formula is C24H24N4O3S. The summed E-state index contributed by atoms with van der Waals surface area (Å²) in [5.74, 6) is -0.0537. The molecule has 0 bridgehead atoms. The molecular weight excluding hydrogens is 424 g/mol. The predicted octanol–water partition coefficient (Wildman–Crippen LogP) is 4.56. The van der Waals surface area contributed by atoms with Crippen molar-refractivity contribution in [3.63, 3.8) is 0 Å². The highest BCUT2D eigenvalue weighted by Crippen LogP contribution is 2.31. The van der Waals surface area contributed by atoms with Gasteiger partial charge in [-0.3, -0.25) is 9.30 Å². The Balaban J connectivity index is 1.58. The SMILES string of the molecule is CC(=Nc1ccc(N(C)S(=O)(=O)Cc2ccccc2)cc1)c1c(O)[nH]c2ccc(N)cc12. The number of benzene rings is 3. The topological polar surface area (TPSA) is 112 Å². The van der Waals surface area contributed by atoms with Crippen molar-refractivity contribution in [2.45, 2.75) is 12.7 Å². The molecule has 1 aromatic heterocycles. The first kappa shape index (κ1) is 21.5.